The van der Waals surface area contributed by atoms with E-state index in [1.807, 2.05) is 6.26 Å². The van der Waals surface area contributed by atoms with Crippen LogP contribution in [0.2, 0.25) is 0 Å². The third-order valence-electron chi connectivity index (χ3n) is 2.15. The van der Waals surface area contributed by atoms with Crippen LogP contribution in [0.1, 0.15) is 11.7 Å². The SMILES string of the molecule is CSCCNCC(O)c1ccc(F)c(F)c1. The van der Waals surface area contributed by atoms with Crippen LogP contribution in [0.25, 0.3) is 0 Å². The van der Waals surface area contributed by atoms with Gasteiger partial charge in [0.25, 0.3) is 0 Å². The van der Waals surface area contributed by atoms with Gasteiger partial charge in [-0.3, -0.25) is 0 Å². The summed E-state index contributed by atoms with van der Waals surface area (Å²) in [6.07, 6.45) is 1.19. The van der Waals surface area contributed by atoms with Gasteiger partial charge in [0, 0.05) is 18.8 Å². The maximum Gasteiger partial charge on any atom is 0.159 e. The summed E-state index contributed by atoms with van der Waals surface area (Å²) in [5.41, 5.74) is 0.385. The molecule has 0 amide bonds. The molecule has 90 valence electrons. The largest absolute Gasteiger partial charge is 0.387 e. The Labute approximate surface area is 98.1 Å². The van der Waals surface area contributed by atoms with Crippen molar-refractivity contribution in [3.8, 4) is 0 Å². The van der Waals surface area contributed by atoms with E-state index in [0.717, 1.165) is 24.4 Å². The molecule has 0 aliphatic heterocycles. The minimum Gasteiger partial charge on any atom is -0.387 e. The Morgan fingerprint density at radius 3 is 2.75 bits per heavy atom. The summed E-state index contributed by atoms with van der Waals surface area (Å²) in [5, 5.41) is 12.7. The van der Waals surface area contributed by atoms with E-state index in [0.29, 0.717) is 12.1 Å². The summed E-state index contributed by atoms with van der Waals surface area (Å²) in [4.78, 5) is 0. The van der Waals surface area contributed by atoms with Gasteiger partial charge >= 0.3 is 0 Å². The molecule has 0 aliphatic carbocycles. The summed E-state index contributed by atoms with van der Waals surface area (Å²) in [6, 6.07) is 3.44. The van der Waals surface area contributed by atoms with Gasteiger partial charge in [-0.25, -0.2) is 8.78 Å². The first kappa shape index (κ1) is 13.4. The second-order valence-electron chi connectivity index (χ2n) is 3.39. The summed E-state index contributed by atoms with van der Waals surface area (Å²) in [5.74, 6) is -0.878. The summed E-state index contributed by atoms with van der Waals surface area (Å²) >= 11 is 1.70. The summed E-state index contributed by atoms with van der Waals surface area (Å²) in [7, 11) is 0. The number of nitrogens with one attached hydrogen (secondary N) is 1. The predicted octanol–water partition coefficient (Wildman–Crippen LogP) is 1.95. The number of aliphatic hydroxyl groups is 1. The van der Waals surface area contributed by atoms with Crippen LogP contribution < -0.4 is 5.32 Å². The molecule has 0 spiro atoms. The van der Waals surface area contributed by atoms with Crippen LogP contribution in [0.5, 0.6) is 0 Å². The molecule has 0 fully saturated rings. The van der Waals surface area contributed by atoms with Gasteiger partial charge in [-0.2, -0.15) is 11.8 Å². The van der Waals surface area contributed by atoms with E-state index in [1.165, 1.54) is 6.07 Å². The normalized spacial score (nSPS) is 12.8. The topological polar surface area (TPSA) is 32.3 Å². The molecule has 1 aromatic carbocycles. The Hall–Kier alpha value is -0.650. The van der Waals surface area contributed by atoms with Crippen LogP contribution in [0.4, 0.5) is 8.78 Å². The van der Waals surface area contributed by atoms with Crippen molar-refractivity contribution in [1.82, 2.24) is 5.32 Å². The van der Waals surface area contributed by atoms with Crippen molar-refractivity contribution in [1.29, 1.82) is 0 Å². The van der Waals surface area contributed by atoms with Gasteiger partial charge < -0.3 is 10.4 Å². The fraction of sp³-hybridized carbons (Fsp3) is 0.455. The molecule has 2 N–H and O–H groups in total. The number of rotatable bonds is 6. The third-order valence-corrected chi connectivity index (χ3v) is 2.76. The highest BCUT2D eigenvalue weighted by Gasteiger charge is 2.10. The van der Waals surface area contributed by atoms with Gasteiger partial charge in [-0.15, -0.1) is 0 Å². The molecule has 0 radical (unpaired) electrons. The number of aliphatic hydroxyl groups excluding tert-OH is 1. The van der Waals surface area contributed by atoms with Crippen LogP contribution in [0.3, 0.4) is 0 Å². The molecule has 1 aromatic rings. The van der Waals surface area contributed by atoms with Gasteiger partial charge in [-0.1, -0.05) is 6.07 Å². The molecule has 0 bridgehead atoms. The third kappa shape index (κ3) is 4.08. The molecule has 0 saturated heterocycles. The Bertz CT molecular complexity index is 336. The molecule has 0 saturated carbocycles. The fourth-order valence-electron chi connectivity index (χ4n) is 1.25. The fourth-order valence-corrected chi connectivity index (χ4v) is 1.60. The van der Waals surface area contributed by atoms with Crippen LogP contribution >= 0.6 is 11.8 Å². The molecule has 2 nitrogen and oxygen atoms in total. The van der Waals surface area contributed by atoms with Crippen molar-refractivity contribution in [3.05, 3.63) is 35.4 Å². The van der Waals surface area contributed by atoms with Gasteiger partial charge in [0.2, 0.25) is 0 Å². The van der Waals surface area contributed by atoms with Crippen LogP contribution in [0, 0.1) is 11.6 Å². The maximum atomic E-state index is 12.9. The molecule has 0 aromatic heterocycles. The Morgan fingerprint density at radius 1 is 1.38 bits per heavy atom. The lowest BCUT2D eigenvalue weighted by molar-refractivity contribution is 0.175. The van der Waals surface area contributed by atoms with Gasteiger partial charge in [-0.05, 0) is 24.0 Å². The molecular formula is C11H15F2NOS. The van der Waals surface area contributed by atoms with Crippen molar-refractivity contribution in [2.24, 2.45) is 0 Å². The zero-order chi connectivity index (χ0) is 12.0. The number of hydrogen-bond acceptors (Lipinski definition) is 3. The molecule has 5 heteroatoms. The average molecular weight is 247 g/mol. The van der Waals surface area contributed by atoms with E-state index in [-0.39, 0.29) is 0 Å². The van der Waals surface area contributed by atoms with Gasteiger partial charge in [0.05, 0.1) is 6.10 Å². The minimum absolute atomic E-state index is 0.339. The Balaban J connectivity index is 2.46. The molecule has 1 unspecified atom stereocenters. The zero-order valence-electron chi connectivity index (χ0n) is 9.04. The number of hydrogen-bond donors (Lipinski definition) is 2. The molecule has 1 atom stereocenters. The van der Waals surface area contributed by atoms with E-state index in [2.05, 4.69) is 5.32 Å². The van der Waals surface area contributed by atoms with Crippen molar-refractivity contribution in [2.75, 3.05) is 25.1 Å². The minimum atomic E-state index is -0.930. The van der Waals surface area contributed by atoms with Crippen molar-refractivity contribution < 1.29 is 13.9 Å². The lowest BCUT2D eigenvalue weighted by atomic mass is 10.1. The van der Waals surface area contributed by atoms with Crippen LogP contribution in [-0.4, -0.2) is 30.2 Å². The monoisotopic (exact) mass is 247 g/mol. The second-order valence-corrected chi connectivity index (χ2v) is 4.37. The number of benzene rings is 1. The highest BCUT2D eigenvalue weighted by Crippen LogP contribution is 2.15. The molecule has 16 heavy (non-hydrogen) atoms. The van der Waals surface area contributed by atoms with E-state index in [1.54, 1.807) is 11.8 Å². The lowest BCUT2D eigenvalue weighted by Gasteiger charge is -2.12. The van der Waals surface area contributed by atoms with E-state index in [9.17, 15) is 13.9 Å². The molecule has 0 aliphatic rings. The molecular weight excluding hydrogens is 232 g/mol. The Morgan fingerprint density at radius 2 is 2.12 bits per heavy atom. The van der Waals surface area contributed by atoms with Crippen molar-refractivity contribution in [3.63, 3.8) is 0 Å². The quantitative estimate of drug-likeness (QED) is 0.754. The first-order chi connectivity index (χ1) is 7.65. The second kappa shape index (κ2) is 6.83. The summed E-state index contributed by atoms with van der Waals surface area (Å²) < 4.78 is 25.5. The van der Waals surface area contributed by atoms with Crippen LogP contribution in [-0.2, 0) is 0 Å². The summed E-state index contributed by atoms with van der Waals surface area (Å²) in [6.45, 7) is 1.12. The van der Waals surface area contributed by atoms with Crippen LogP contribution in [0.15, 0.2) is 18.2 Å². The van der Waals surface area contributed by atoms with Gasteiger partial charge in [0.1, 0.15) is 0 Å². The van der Waals surface area contributed by atoms with Gasteiger partial charge in [0.15, 0.2) is 11.6 Å². The first-order valence-electron chi connectivity index (χ1n) is 4.98. The zero-order valence-corrected chi connectivity index (χ0v) is 9.86. The number of halogens is 2. The standard InChI is InChI=1S/C11H15F2NOS/c1-16-5-4-14-7-11(15)8-2-3-9(12)10(13)6-8/h2-3,6,11,14-15H,4-5,7H2,1H3. The smallest absolute Gasteiger partial charge is 0.159 e. The van der Waals surface area contributed by atoms with E-state index in [4.69, 9.17) is 0 Å². The highest BCUT2D eigenvalue weighted by molar-refractivity contribution is 7.98. The Kier molecular flexibility index (Phi) is 5.73. The van der Waals surface area contributed by atoms with Crippen molar-refractivity contribution >= 4 is 11.8 Å². The maximum absolute atomic E-state index is 12.9. The van der Waals surface area contributed by atoms with Crippen molar-refractivity contribution in [2.45, 2.75) is 6.10 Å². The number of thioether (sulfide) groups is 1. The highest BCUT2D eigenvalue weighted by atomic mass is 32.2. The molecule has 0 heterocycles. The lowest BCUT2D eigenvalue weighted by Crippen LogP contribution is -2.23. The predicted molar refractivity (Wildman–Crippen MR) is 62.6 cm³/mol. The average Bonchev–Trinajstić information content (AvgIpc) is 2.28. The van der Waals surface area contributed by atoms with E-state index < -0.39 is 17.7 Å². The molecule has 1 rings (SSSR count). The first-order valence-corrected chi connectivity index (χ1v) is 6.37. The van der Waals surface area contributed by atoms with E-state index >= 15 is 0 Å².